The Labute approximate surface area is 226 Å². The summed E-state index contributed by atoms with van der Waals surface area (Å²) in [5, 5.41) is 4.68. The SMILES string of the molecule is CN1CCOc2cc(S(=O)(=O)N[C@@H](CC3=CCC(NS(=O)[O-])C=C3)c3csc(-c4cccs4)n3)ccc21. The minimum atomic E-state index is -3.91. The molecular formula is C24H25N4O5S4-. The number of thiophene rings is 1. The summed E-state index contributed by atoms with van der Waals surface area (Å²) in [7, 11) is -1.97. The molecule has 2 aromatic heterocycles. The van der Waals surface area contributed by atoms with Crippen LogP contribution in [0.4, 0.5) is 5.69 Å². The third-order valence-electron chi connectivity index (χ3n) is 6.11. The molecule has 0 fully saturated rings. The Morgan fingerprint density at radius 3 is 2.92 bits per heavy atom. The monoisotopic (exact) mass is 577 g/mol. The summed E-state index contributed by atoms with van der Waals surface area (Å²) in [6.45, 7) is 1.23. The van der Waals surface area contributed by atoms with Crippen LogP contribution in [-0.2, 0) is 21.3 Å². The van der Waals surface area contributed by atoms with Crippen LogP contribution in [0.15, 0.2) is 69.8 Å². The summed E-state index contributed by atoms with van der Waals surface area (Å²) in [5.74, 6) is 0.536. The van der Waals surface area contributed by atoms with Crippen molar-refractivity contribution in [2.24, 2.45) is 0 Å². The number of hydrogen-bond donors (Lipinski definition) is 2. The summed E-state index contributed by atoms with van der Waals surface area (Å²) in [6.07, 6.45) is 6.35. The molecule has 0 saturated heterocycles. The molecule has 3 atom stereocenters. The van der Waals surface area contributed by atoms with E-state index < -0.39 is 27.3 Å². The van der Waals surface area contributed by atoms with Crippen molar-refractivity contribution in [3.8, 4) is 15.6 Å². The number of aromatic nitrogens is 1. The van der Waals surface area contributed by atoms with Gasteiger partial charge in [-0.2, -0.15) is 0 Å². The molecule has 0 amide bonds. The molecule has 2 unspecified atom stereocenters. The smallest absolute Gasteiger partial charge is 0.241 e. The number of ether oxygens (including phenoxy) is 1. The molecule has 2 aliphatic rings. The van der Waals surface area contributed by atoms with Crippen molar-refractivity contribution in [2.45, 2.75) is 29.8 Å². The molecule has 1 aromatic carbocycles. The predicted molar refractivity (Wildman–Crippen MR) is 146 cm³/mol. The summed E-state index contributed by atoms with van der Waals surface area (Å²) in [6, 6.07) is 7.89. The lowest BCUT2D eigenvalue weighted by atomic mass is 9.97. The topological polar surface area (TPSA) is 124 Å². The molecular weight excluding hydrogens is 553 g/mol. The van der Waals surface area contributed by atoms with E-state index in [1.54, 1.807) is 35.6 Å². The second kappa shape index (κ2) is 11.2. The van der Waals surface area contributed by atoms with E-state index in [9.17, 15) is 17.2 Å². The van der Waals surface area contributed by atoms with Crippen molar-refractivity contribution >= 4 is 49.7 Å². The molecule has 9 nitrogen and oxygen atoms in total. The van der Waals surface area contributed by atoms with Gasteiger partial charge in [0.1, 0.15) is 17.4 Å². The average molecular weight is 578 g/mol. The maximum absolute atomic E-state index is 13.5. The zero-order valence-corrected chi connectivity index (χ0v) is 23.1. The maximum atomic E-state index is 13.5. The highest BCUT2D eigenvalue weighted by Gasteiger charge is 2.27. The molecule has 0 bridgehead atoms. The number of hydrogen-bond acceptors (Lipinski definition) is 9. The molecule has 13 heteroatoms. The van der Waals surface area contributed by atoms with E-state index in [4.69, 9.17) is 9.72 Å². The lowest BCUT2D eigenvalue weighted by Crippen LogP contribution is -2.31. The number of allylic oxidation sites excluding steroid dienone is 1. The second-order valence-corrected chi connectivity index (χ2v) is 12.9. The summed E-state index contributed by atoms with van der Waals surface area (Å²) in [4.78, 5) is 7.92. The molecule has 2 N–H and O–H groups in total. The van der Waals surface area contributed by atoms with Crippen molar-refractivity contribution < 1.29 is 21.9 Å². The number of nitrogens with zero attached hydrogens (tertiary/aromatic N) is 2. The van der Waals surface area contributed by atoms with Gasteiger partial charge in [0, 0.05) is 35.8 Å². The highest BCUT2D eigenvalue weighted by Crippen LogP contribution is 2.35. The highest BCUT2D eigenvalue weighted by atomic mass is 32.2. The van der Waals surface area contributed by atoms with E-state index in [1.807, 2.05) is 47.0 Å². The molecule has 1 aliphatic heterocycles. The fourth-order valence-corrected chi connectivity index (χ4v) is 7.52. The van der Waals surface area contributed by atoms with E-state index in [0.717, 1.165) is 27.7 Å². The number of anilines is 1. The van der Waals surface area contributed by atoms with Crippen molar-refractivity contribution in [3.05, 3.63) is 70.6 Å². The van der Waals surface area contributed by atoms with Crippen LogP contribution in [0.2, 0.25) is 0 Å². The fourth-order valence-electron chi connectivity index (χ4n) is 4.19. The number of benzene rings is 1. The highest BCUT2D eigenvalue weighted by molar-refractivity contribution is 7.89. The number of nitrogens with one attached hydrogen (secondary N) is 2. The van der Waals surface area contributed by atoms with Gasteiger partial charge >= 0.3 is 0 Å². The van der Waals surface area contributed by atoms with E-state index >= 15 is 0 Å². The second-order valence-electron chi connectivity index (χ2n) is 8.67. The zero-order chi connectivity index (χ0) is 26.0. The Morgan fingerprint density at radius 2 is 2.19 bits per heavy atom. The van der Waals surface area contributed by atoms with Gasteiger partial charge in [-0.15, -0.1) is 22.7 Å². The van der Waals surface area contributed by atoms with Crippen LogP contribution < -0.4 is 19.1 Å². The third-order valence-corrected chi connectivity index (χ3v) is 9.97. The minimum absolute atomic E-state index is 0.121. The first-order chi connectivity index (χ1) is 17.8. The van der Waals surface area contributed by atoms with Crippen molar-refractivity contribution in [1.29, 1.82) is 0 Å². The third kappa shape index (κ3) is 6.20. The number of thiazole rings is 1. The average Bonchev–Trinajstić information content (AvgIpc) is 3.57. The van der Waals surface area contributed by atoms with Gasteiger partial charge in [-0.3, -0.25) is 4.21 Å². The quantitative estimate of drug-likeness (QED) is 0.371. The van der Waals surface area contributed by atoms with Crippen LogP contribution in [0, 0.1) is 0 Å². The molecule has 0 saturated carbocycles. The van der Waals surface area contributed by atoms with Crippen LogP contribution >= 0.6 is 22.7 Å². The Hall–Kier alpha value is -2.39. The van der Waals surface area contributed by atoms with E-state index in [2.05, 4.69) is 9.44 Å². The standard InChI is InChI=1S/C24H26N4O5S4/c1-28-10-11-33-22-14-18(8-9-21(22)28)37(31,32)27-19(13-16-4-6-17(7-5-16)26-36(29)30)20-15-35-24(25-20)23-3-2-12-34-23/h2-6,8-9,12,14-15,17,19,26-27H,7,10-11,13H2,1H3,(H,29,30)/p-1/t17?,19-/m0/s1. The number of likely N-dealkylation sites (N-methyl/N-ethyl adjacent to an activating group) is 1. The Morgan fingerprint density at radius 1 is 1.32 bits per heavy atom. The molecule has 5 rings (SSSR count). The first-order valence-corrected chi connectivity index (χ1v) is 15.8. The number of rotatable bonds is 9. The summed E-state index contributed by atoms with van der Waals surface area (Å²) in [5.41, 5.74) is 2.37. The molecule has 3 heterocycles. The van der Waals surface area contributed by atoms with Crippen LogP contribution in [0.1, 0.15) is 24.6 Å². The lowest BCUT2D eigenvalue weighted by Gasteiger charge is -2.28. The summed E-state index contributed by atoms with van der Waals surface area (Å²) < 4.78 is 59.9. The maximum Gasteiger partial charge on any atom is 0.241 e. The zero-order valence-electron chi connectivity index (χ0n) is 19.8. The normalized spacial score (nSPS) is 19.1. The fraction of sp³-hybridized carbons (Fsp3) is 0.292. The molecule has 0 radical (unpaired) electrons. The van der Waals surface area contributed by atoms with E-state index in [0.29, 0.717) is 30.9 Å². The summed E-state index contributed by atoms with van der Waals surface area (Å²) >= 11 is 0.687. The van der Waals surface area contributed by atoms with Crippen molar-refractivity contribution in [3.63, 3.8) is 0 Å². The first kappa shape index (κ1) is 26.2. The van der Waals surface area contributed by atoms with Crippen LogP contribution in [0.5, 0.6) is 5.75 Å². The van der Waals surface area contributed by atoms with Gasteiger partial charge in [0.2, 0.25) is 10.0 Å². The molecule has 196 valence electrons. The van der Waals surface area contributed by atoms with Crippen molar-refractivity contribution in [2.75, 3.05) is 25.1 Å². The van der Waals surface area contributed by atoms with E-state index in [-0.39, 0.29) is 10.9 Å². The van der Waals surface area contributed by atoms with Gasteiger partial charge in [-0.25, -0.2) is 22.8 Å². The minimum Gasteiger partial charge on any atom is -0.760 e. The Balaban J connectivity index is 1.41. The van der Waals surface area contributed by atoms with Crippen LogP contribution in [-0.4, -0.2) is 48.4 Å². The lowest BCUT2D eigenvalue weighted by molar-refractivity contribution is 0.310. The van der Waals surface area contributed by atoms with E-state index in [1.165, 1.54) is 11.3 Å². The largest absolute Gasteiger partial charge is 0.760 e. The molecule has 37 heavy (non-hydrogen) atoms. The Bertz CT molecular complexity index is 1450. The molecule has 0 spiro atoms. The van der Waals surface area contributed by atoms with Crippen LogP contribution in [0.3, 0.4) is 0 Å². The first-order valence-electron chi connectivity index (χ1n) is 11.5. The molecule has 1 aliphatic carbocycles. The van der Waals surface area contributed by atoms with Gasteiger partial charge in [-0.05, 0) is 36.4 Å². The van der Waals surface area contributed by atoms with Gasteiger partial charge in [0.15, 0.2) is 0 Å². The van der Waals surface area contributed by atoms with Gasteiger partial charge in [0.05, 0.1) is 33.7 Å². The number of sulfonamides is 1. The van der Waals surface area contributed by atoms with Gasteiger partial charge in [0.25, 0.3) is 0 Å². The van der Waals surface area contributed by atoms with Crippen molar-refractivity contribution in [1.82, 2.24) is 14.4 Å². The van der Waals surface area contributed by atoms with Crippen LogP contribution in [0.25, 0.3) is 9.88 Å². The predicted octanol–water partition coefficient (Wildman–Crippen LogP) is 3.75. The Kier molecular flexibility index (Phi) is 7.91. The molecule has 3 aromatic rings. The van der Waals surface area contributed by atoms with Gasteiger partial charge < -0.3 is 14.2 Å². The van der Waals surface area contributed by atoms with Gasteiger partial charge in [-0.1, -0.05) is 29.9 Å². The number of fused-ring (bicyclic) bond motifs is 1.